The molecule has 0 radical (unpaired) electrons. The van der Waals surface area contributed by atoms with E-state index in [1.807, 2.05) is 0 Å². The van der Waals surface area contributed by atoms with Gasteiger partial charge in [0.15, 0.2) is 9.84 Å². The monoisotopic (exact) mass is 369 g/mol. The lowest BCUT2D eigenvalue weighted by Crippen LogP contribution is -2.53. The van der Waals surface area contributed by atoms with Crippen LogP contribution in [0.2, 0.25) is 0 Å². The van der Waals surface area contributed by atoms with E-state index in [0.717, 1.165) is 31.9 Å². The van der Waals surface area contributed by atoms with Crippen molar-refractivity contribution >= 4 is 21.4 Å². The van der Waals surface area contributed by atoms with Gasteiger partial charge in [0.2, 0.25) is 5.91 Å². The van der Waals surface area contributed by atoms with Crippen molar-refractivity contribution < 1.29 is 17.6 Å². The first-order chi connectivity index (χ1) is 11.7. The van der Waals surface area contributed by atoms with E-state index in [1.54, 1.807) is 19.1 Å². The normalized spacial score (nSPS) is 26.6. The Bertz CT molecular complexity index is 730. The molecule has 1 aromatic carbocycles. The van der Waals surface area contributed by atoms with Gasteiger partial charge in [-0.3, -0.25) is 9.69 Å². The van der Waals surface area contributed by atoms with Crippen LogP contribution in [0.3, 0.4) is 0 Å². The lowest BCUT2D eigenvalue weighted by atomic mass is 10.0. The van der Waals surface area contributed by atoms with E-state index < -0.39 is 15.4 Å². The lowest BCUT2D eigenvalue weighted by Gasteiger charge is -2.36. The molecule has 2 fully saturated rings. The number of piperazine rings is 1. The maximum absolute atomic E-state index is 13.0. The number of carbonyl (C=O) groups is 1. The highest BCUT2D eigenvalue weighted by Crippen LogP contribution is 2.23. The molecule has 2 aliphatic heterocycles. The van der Waals surface area contributed by atoms with Gasteiger partial charge in [-0.1, -0.05) is 0 Å². The first-order valence-electron chi connectivity index (χ1n) is 8.49. The van der Waals surface area contributed by atoms with Crippen LogP contribution in [0.25, 0.3) is 0 Å². The summed E-state index contributed by atoms with van der Waals surface area (Å²) in [6, 6.07) is 6.43. The molecule has 3 rings (SSSR count). The minimum absolute atomic E-state index is 0.0179. The van der Waals surface area contributed by atoms with E-state index >= 15 is 0 Å². The lowest BCUT2D eigenvalue weighted by molar-refractivity contribution is -0.123. The van der Waals surface area contributed by atoms with Crippen molar-refractivity contribution in [3.05, 3.63) is 30.1 Å². The average Bonchev–Trinajstić information content (AvgIpc) is 2.82. The van der Waals surface area contributed by atoms with Crippen molar-refractivity contribution in [3.63, 3.8) is 0 Å². The summed E-state index contributed by atoms with van der Waals surface area (Å²) in [5, 5.41) is 2.89. The van der Waals surface area contributed by atoms with E-state index in [2.05, 4.69) is 15.1 Å². The molecule has 138 valence electrons. The Morgan fingerprint density at radius 3 is 2.40 bits per heavy atom. The topological polar surface area (TPSA) is 69.7 Å². The second-order valence-electron chi connectivity index (χ2n) is 7.19. The third kappa shape index (κ3) is 4.70. The van der Waals surface area contributed by atoms with Crippen LogP contribution in [-0.4, -0.2) is 69.0 Å². The molecule has 2 aliphatic rings. The van der Waals surface area contributed by atoms with Gasteiger partial charge in [-0.15, -0.1) is 0 Å². The molecular formula is C17H24FN3O3S. The van der Waals surface area contributed by atoms with Gasteiger partial charge in [0.05, 0.1) is 23.6 Å². The zero-order valence-electron chi connectivity index (χ0n) is 14.4. The van der Waals surface area contributed by atoms with Gasteiger partial charge in [-0.25, -0.2) is 12.8 Å². The summed E-state index contributed by atoms with van der Waals surface area (Å²) in [6.07, 6.45) is 0.472. The number of rotatable bonds is 4. The van der Waals surface area contributed by atoms with Gasteiger partial charge in [0, 0.05) is 31.9 Å². The number of nitrogens with zero attached hydrogens (tertiary/aromatic N) is 2. The van der Waals surface area contributed by atoms with Gasteiger partial charge in [0.1, 0.15) is 5.82 Å². The van der Waals surface area contributed by atoms with Crippen LogP contribution in [0.15, 0.2) is 24.3 Å². The van der Waals surface area contributed by atoms with Gasteiger partial charge >= 0.3 is 0 Å². The third-order valence-corrected chi connectivity index (χ3v) is 6.78. The molecule has 1 atom stereocenters. The number of halogens is 1. The minimum Gasteiger partial charge on any atom is -0.369 e. The van der Waals surface area contributed by atoms with Crippen molar-refractivity contribution in [2.75, 3.05) is 49.1 Å². The number of benzene rings is 1. The summed E-state index contributed by atoms with van der Waals surface area (Å²) in [5.41, 5.74) is 0.334. The molecule has 1 amide bonds. The van der Waals surface area contributed by atoms with Crippen molar-refractivity contribution in [1.82, 2.24) is 10.2 Å². The molecule has 0 saturated carbocycles. The summed E-state index contributed by atoms with van der Waals surface area (Å²) >= 11 is 0. The second kappa shape index (κ2) is 6.92. The number of hydrogen-bond acceptors (Lipinski definition) is 5. The minimum atomic E-state index is -3.04. The molecule has 2 heterocycles. The molecule has 8 heteroatoms. The quantitative estimate of drug-likeness (QED) is 0.844. The van der Waals surface area contributed by atoms with Crippen molar-refractivity contribution in [3.8, 4) is 0 Å². The maximum Gasteiger partial charge on any atom is 0.234 e. The number of nitrogens with one attached hydrogen (secondary N) is 1. The Morgan fingerprint density at radius 1 is 1.20 bits per heavy atom. The summed E-state index contributed by atoms with van der Waals surface area (Å²) in [4.78, 5) is 16.5. The molecule has 0 aromatic heterocycles. The van der Waals surface area contributed by atoms with Gasteiger partial charge in [0.25, 0.3) is 0 Å². The smallest absolute Gasteiger partial charge is 0.234 e. The highest BCUT2D eigenvalue weighted by Gasteiger charge is 2.39. The van der Waals surface area contributed by atoms with E-state index in [1.165, 1.54) is 12.1 Å². The summed E-state index contributed by atoms with van der Waals surface area (Å²) in [6.45, 7) is 5.07. The van der Waals surface area contributed by atoms with Crippen molar-refractivity contribution in [2.24, 2.45) is 0 Å². The Hall–Kier alpha value is -1.67. The first kappa shape index (κ1) is 18.1. The Balaban J connectivity index is 1.47. The van der Waals surface area contributed by atoms with Crippen LogP contribution in [0.1, 0.15) is 13.3 Å². The fourth-order valence-electron chi connectivity index (χ4n) is 3.50. The van der Waals surface area contributed by atoms with Crippen molar-refractivity contribution in [1.29, 1.82) is 0 Å². The third-order valence-electron chi connectivity index (χ3n) is 4.88. The molecule has 0 spiro atoms. The zero-order valence-corrected chi connectivity index (χ0v) is 15.2. The predicted molar refractivity (Wildman–Crippen MR) is 94.9 cm³/mol. The summed E-state index contributed by atoms with van der Waals surface area (Å²) in [5.74, 6) is -0.221. The van der Waals surface area contributed by atoms with Crippen LogP contribution in [0.4, 0.5) is 10.1 Å². The van der Waals surface area contributed by atoms with Crippen LogP contribution in [-0.2, 0) is 14.6 Å². The van der Waals surface area contributed by atoms with E-state index in [-0.39, 0.29) is 29.8 Å². The Morgan fingerprint density at radius 2 is 1.84 bits per heavy atom. The molecule has 0 bridgehead atoms. The van der Waals surface area contributed by atoms with E-state index in [0.29, 0.717) is 6.42 Å². The second-order valence-corrected chi connectivity index (χ2v) is 9.37. The highest BCUT2D eigenvalue weighted by molar-refractivity contribution is 7.91. The predicted octanol–water partition coefficient (Wildman–Crippen LogP) is 0.641. The SMILES string of the molecule is C[C@]1(NC(=O)CN2CCN(c3ccc(F)cc3)CC2)CCS(=O)(=O)C1. The van der Waals surface area contributed by atoms with Gasteiger partial charge < -0.3 is 10.2 Å². The highest BCUT2D eigenvalue weighted by atomic mass is 32.2. The van der Waals surface area contributed by atoms with Crippen LogP contribution < -0.4 is 10.2 Å². The van der Waals surface area contributed by atoms with Gasteiger partial charge in [-0.2, -0.15) is 0 Å². The largest absolute Gasteiger partial charge is 0.369 e. The standard InChI is InChI=1S/C17H24FN3O3S/c1-17(6-11-25(23,24)13-17)19-16(22)12-20-7-9-21(10-8-20)15-4-2-14(18)3-5-15/h2-5H,6-13H2,1H3,(H,19,22)/t17-/m0/s1. The number of anilines is 1. The average molecular weight is 369 g/mol. The van der Waals surface area contributed by atoms with Crippen molar-refractivity contribution in [2.45, 2.75) is 18.9 Å². The van der Waals surface area contributed by atoms with Crippen LogP contribution in [0, 0.1) is 5.82 Å². The first-order valence-corrected chi connectivity index (χ1v) is 10.3. The maximum atomic E-state index is 13.0. The summed E-state index contributed by atoms with van der Waals surface area (Å²) in [7, 11) is -3.04. The van der Waals surface area contributed by atoms with E-state index in [4.69, 9.17) is 0 Å². The molecular weight excluding hydrogens is 345 g/mol. The number of hydrogen-bond donors (Lipinski definition) is 1. The number of amides is 1. The van der Waals surface area contributed by atoms with E-state index in [9.17, 15) is 17.6 Å². The number of sulfone groups is 1. The number of carbonyl (C=O) groups excluding carboxylic acids is 1. The molecule has 25 heavy (non-hydrogen) atoms. The van der Waals surface area contributed by atoms with Crippen LogP contribution >= 0.6 is 0 Å². The molecule has 1 N–H and O–H groups in total. The molecule has 1 aromatic rings. The fraction of sp³-hybridized carbons (Fsp3) is 0.588. The Kier molecular flexibility index (Phi) is 5.02. The Labute approximate surface area is 147 Å². The molecule has 0 aliphatic carbocycles. The molecule has 0 unspecified atom stereocenters. The zero-order chi connectivity index (χ0) is 18.1. The molecule has 6 nitrogen and oxygen atoms in total. The van der Waals surface area contributed by atoms with Crippen LogP contribution in [0.5, 0.6) is 0 Å². The summed E-state index contributed by atoms with van der Waals surface area (Å²) < 4.78 is 36.2. The molecule has 2 saturated heterocycles. The van der Waals surface area contributed by atoms with Gasteiger partial charge in [-0.05, 0) is 37.6 Å². The fourth-order valence-corrected chi connectivity index (χ4v) is 5.60.